The van der Waals surface area contributed by atoms with E-state index in [1.54, 1.807) is 12.5 Å². The zero-order chi connectivity index (χ0) is 9.26. The molecule has 13 heavy (non-hydrogen) atoms. The molecule has 1 aromatic rings. The van der Waals surface area contributed by atoms with Gasteiger partial charge < -0.3 is 9.40 Å². The topological polar surface area (TPSA) is 39.4 Å². The highest BCUT2D eigenvalue weighted by Gasteiger charge is 2.22. The first-order valence-electron chi connectivity index (χ1n) is 4.06. The van der Waals surface area contributed by atoms with Crippen LogP contribution in [-0.4, -0.2) is 27.2 Å². The van der Waals surface area contributed by atoms with Gasteiger partial charge in [0.25, 0.3) is 0 Å². The van der Waals surface area contributed by atoms with Crippen LogP contribution in [0.4, 0.5) is 0 Å². The molecule has 5 heteroatoms. The number of halogens is 1. The summed E-state index contributed by atoms with van der Waals surface area (Å²) in [6.45, 7) is 0. The monoisotopic (exact) mass is 199 g/mol. The van der Waals surface area contributed by atoms with Crippen molar-refractivity contribution in [3.63, 3.8) is 0 Å². The third-order valence-corrected chi connectivity index (χ3v) is 2.36. The Kier molecular flexibility index (Phi) is 2.22. The molecule has 0 fully saturated rings. The SMILES string of the molecule is Cn1cncc1C1=NOC(CCl)C1. The van der Waals surface area contributed by atoms with Crippen molar-refractivity contribution in [1.82, 2.24) is 9.55 Å². The molecule has 0 aliphatic carbocycles. The van der Waals surface area contributed by atoms with E-state index in [2.05, 4.69) is 10.1 Å². The van der Waals surface area contributed by atoms with Crippen molar-refractivity contribution in [3.05, 3.63) is 18.2 Å². The first-order valence-corrected chi connectivity index (χ1v) is 4.60. The van der Waals surface area contributed by atoms with Gasteiger partial charge >= 0.3 is 0 Å². The summed E-state index contributed by atoms with van der Waals surface area (Å²) in [4.78, 5) is 9.12. The number of imidazole rings is 1. The number of rotatable bonds is 2. The third kappa shape index (κ3) is 1.54. The molecule has 0 spiro atoms. The number of oxime groups is 1. The number of hydrogen-bond donors (Lipinski definition) is 0. The summed E-state index contributed by atoms with van der Waals surface area (Å²) in [5.74, 6) is 0.477. The number of hydrogen-bond acceptors (Lipinski definition) is 3. The molecule has 0 bridgehead atoms. The maximum Gasteiger partial charge on any atom is 0.146 e. The van der Waals surface area contributed by atoms with Gasteiger partial charge in [-0.1, -0.05) is 5.16 Å². The minimum atomic E-state index is 0.0200. The molecule has 70 valence electrons. The Labute approximate surface area is 81.2 Å². The normalized spacial score (nSPS) is 21.4. The van der Waals surface area contributed by atoms with Gasteiger partial charge in [0.1, 0.15) is 11.8 Å². The van der Waals surface area contributed by atoms with Gasteiger partial charge in [-0.15, -0.1) is 11.6 Å². The van der Waals surface area contributed by atoms with E-state index in [-0.39, 0.29) is 6.10 Å². The maximum absolute atomic E-state index is 5.65. The predicted octanol–water partition coefficient (Wildman–Crippen LogP) is 1.15. The summed E-state index contributed by atoms with van der Waals surface area (Å²) >= 11 is 5.65. The van der Waals surface area contributed by atoms with Crippen LogP contribution in [0.5, 0.6) is 0 Å². The fraction of sp³-hybridized carbons (Fsp3) is 0.500. The molecule has 1 unspecified atom stereocenters. The molecular formula is C8H10ClN3O. The van der Waals surface area contributed by atoms with Crippen LogP contribution in [0.1, 0.15) is 12.1 Å². The quantitative estimate of drug-likeness (QED) is 0.671. The van der Waals surface area contributed by atoms with Gasteiger partial charge in [0.05, 0.1) is 24.1 Å². The average Bonchev–Trinajstić information content (AvgIpc) is 2.71. The van der Waals surface area contributed by atoms with E-state index in [1.165, 1.54) is 0 Å². The summed E-state index contributed by atoms with van der Waals surface area (Å²) in [5, 5.41) is 3.96. The minimum absolute atomic E-state index is 0.0200. The van der Waals surface area contributed by atoms with Gasteiger partial charge in [-0.2, -0.15) is 0 Å². The van der Waals surface area contributed by atoms with E-state index in [0.29, 0.717) is 5.88 Å². The van der Waals surface area contributed by atoms with Crippen LogP contribution >= 0.6 is 11.6 Å². The Morgan fingerprint density at radius 2 is 2.62 bits per heavy atom. The lowest BCUT2D eigenvalue weighted by molar-refractivity contribution is 0.102. The van der Waals surface area contributed by atoms with Crippen LogP contribution in [0, 0.1) is 0 Å². The number of aromatic nitrogens is 2. The second-order valence-electron chi connectivity index (χ2n) is 3.01. The van der Waals surface area contributed by atoms with Gasteiger partial charge in [-0.25, -0.2) is 4.98 Å². The van der Waals surface area contributed by atoms with E-state index in [0.717, 1.165) is 17.8 Å². The molecule has 1 aliphatic heterocycles. The van der Waals surface area contributed by atoms with Crippen LogP contribution in [0.2, 0.25) is 0 Å². The van der Waals surface area contributed by atoms with Gasteiger partial charge in [-0.05, 0) is 0 Å². The van der Waals surface area contributed by atoms with Gasteiger partial charge in [0, 0.05) is 13.5 Å². The van der Waals surface area contributed by atoms with Crippen molar-refractivity contribution in [3.8, 4) is 0 Å². The fourth-order valence-electron chi connectivity index (χ4n) is 1.30. The standard InChI is InChI=1S/C8H10ClN3O/c1-12-5-10-4-8(12)7-2-6(3-9)13-11-7/h4-6H,2-3H2,1H3. The van der Waals surface area contributed by atoms with E-state index in [4.69, 9.17) is 16.4 Å². The molecule has 0 saturated heterocycles. The number of alkyl halides is 1. The molecule has 0 saturated carbocycles. The Morgan fingerprint density at radius 1 is 1.77 bits per heavy atom. The second kappa shape index (κ2) is 3.38. The first kappa shape index (κ1) is 8.56. The zero-order valence-corrected chi connectivity index (χ0v) is 8.03. The third-order valence-electron chi connectivity index (χ3n) is 2.02. The molecule has 0 radical (unpaired) electrons. The molecule has 4 nitrogen and oxygen atoms in total. The lowest BCUT2D eigenvalue weighted by atomic mass is 10.1. The van der Waals surface area contributed by atoms with Gasteiger partial charge in [-0.3, -0.25) is 0 Å². The highest BCUT2D eigenvalue weighted by molar-refractivity contribution is 6.18. The predicted molar refractivity (Wildman–Crippen MR) is 50.0 cm³/mol. The van der Waals surface area contributed by atoms with Crippen LogP contribution in [-0.2, 0) is 11.9 Å². The van der Waals surface area contributed by atoms with Crippen LogP contribution in [0.25, 0.3) is 0 Å². The minimum Gasteiger partial charge on any atom is -0.391 e. The van der Waals surface area contributed by atoms with Crippen LogP contribution in [0.3, 0.4) is 0 Å². The molecule has 0 N–H and O–H groups in total. The molecular weight excluding hydrogens is 190 g/mol. The Balaban J connectivity index is 2.16. The van der Waals surface area contributed by atoms with Crippen molar-refractivity contribution in [2.24, 2.45) is 12.2 Å². The summed E-state index contributed by atoms with van der Waals surface area (Å²) in [6, 6.07) is 0. The van der Waals surface area contributed by atoms with E-state index in [1.807, 2.05) is 11.6 Å². The van der Waals surface area contributed by atoms with Crippen molar-refractivity contribution in [2.45, 2.75) is 12.5 Å². The molecule has 1 aromatic heterocycles. The molecule has 1 atom stereocenters. The first-order chi connectivity index (χ1) is 6.31. The lowest BCUT2D eigenvalue weighted by Gasteiger charge is -2.01. The van der Waals surface area contributed by atoms with E-state index in [9.17, 15) is 0 Å². The molecule has 0 amide bonds. The Morgan fingerprint density at radius 3 is 3.15 bits per heavy atom. The Bertz CT molecular complexity index is 334. The molecule has 0 aromatic carbocycles. The van der Waals surface area contributed by atoms with E-state index >= 15 is 0 Å². The lowest BCUT2D eigenvalue weighted by Crippen LogP contribution is -2.11. The zero-order valence-electron chi connectivity index (χ0n) is 7.27. The maximum atomic E-state index is 5.65. The largest absolute Gasteiger partial charge is 0.391 e. The highest BCUT2D eigenvalue weighted by atomic mass is 35.5. The summed E-state index contributed by atoms with van der Waals surface area (Å²) < 4.78 is 1.92. The number of aryl methyl sites for hydroxylation is 1. The summed E-state index contributed by atoms with van der Waals surface area (Å²) in [5.41, 5.74) is 1.92. The number of nitrogens with zero attached hydrogens (tertiary/aromatic N) is 3. The average molecular weight is 200 g/mol. The Hall–Kier alpha value is -1.03. The van der Waals surface area contributed by atoms with Crippen molar-refractivity contribution < 1.29 is 4.84 Å². The van der Waals surface area contributed by atoms with Crippen LogP contribution < -0.4 is 0 Å². The van der Waals surface area contributed by atoms with Crippen molar-refractivity contribution in [2.75, 3.05) is 5.88 Å². The van der Waals surface area contributed by atoms with Gasteiger partial charge in [0.15, 0.2) is 0 Å². The molecule has 1 aliphatic rings. The van der Waals surface area contributed by atoms with Crippen molar-refractivity contribution in [1.29, 1.82) is 0 Å². The second-order valence-corrected chi connectivity index (χ2v) is 3.32. The van der Waals surface area contributed by atoms with E-state index < -0.39 is 0 Å². The van der Waals surface area contributed by atoms with Gasteiger partial charge in [0.2, 0.25) is 0 Å². The fourth-order valence-corrected chi connectivity index (χ4v) is 1.46. The highest BCUT2D eigenvalue weighted by Crippen LogP contribution is 2.16. The smallest absolute Gasteiger partial charge is 0.146 e. The van der Waals surface area contributed by atoms with Crippen molar-refractivity contribution >= 4 is 17.3 Å². The summed E-state index contributed by atoms with van der Waals surface area (Å²) in [7, 11) is 1.93. The molecule has 2 rings (SSSR count). The van der Waals surface area contributed by atoms with Crippen LogP contribution in [0.15, 0.2) is 17.7 Å². The summed E-state index contributed by atoms with van der Waals surface area (Å²) in [6.07, 6.45) is 4.31. The molecule has 2 heterocycles.